The Morgan fingerprint density at radius 3 is 3.14 bits per heavy atom. The summed E-state index contributed by atoms with van der Waals surface area (Å²) in [6.07, 6.45) is 9.88. The normalized spacial score (nSPS) is 17.1. The molecule has 0 amide bonds. The lowest BCUT2D eigenvalue weighted by molar-refractivity contribution is -0.0120. The van der Waals surface area contributed by atoms with Crippen LogP contribution < -0.4 is 10.2 Å². The lowest BCUT2D eigenvalue weighted by Crippen LogP contribution is -2.26. The first-order valence-electron chi connectivity index (χ1n) is 9.55. The van der Waals surface area contributed by atoms with Gasteiger partial charge >= 0.3 is 0 Å². The van der Waals surface area contributed by atoms with E-state index in [0.29, 0.717) is 18.9 Å². The van der Waals surface area contributed by atoms with Crippen molar-refractivity contribution in [3.8, 4) is 5.88 Å². The fraction of sp³-hybridized carbons (Fsp3) is 0.450. The van der Waals surface area contributed by atoms with Crippen molar-refractivity contribution in [1.29, 1.82) is 0 Å². The van der Waals surface area contributed by atoms with E-state index in [1.165, 1.54) is 17.8 Å². The summed E-state index contributed by atoms with van der Waals surface area (Å²) in [5.74, 6) is 0.502. The van der Waals surface area contributed by atoms with Crippen LogP contribution in [0.1, 0.15) is 25.0 Å². The van der Waals surface area contributed by atoms with E-state index >= 15 is 0 Å². The molecule has 1 atom stereocenters. The molecular formula is C20H24N4O3S. The third-order valence-corrected chi connectivity index (χ3v) is 5.44. The van der Waals surface area contributed by atoms with E-state index in [-0.39, 0.29) is 11.5 Å². The standard InChI is InChI=1S/C20H24N4O3S/c1-28-20-21-12-18-17(23-20)6-8-24(18)7-5-14-10-15(25)11-19(22-14)27-13-16-4-2-3-9-26-16/h6,8,10-12,16H,2-5,7,9,13H2,1H3,(H,22,25). The fourth-order valence-electron chi connectivity index (χ4n) is 3.40. The predicted molar refractivity (Wildman–Crippen MR) is 109 cm³/mol. The van der Waals surface area contributed by atoms with Gasteiger partial charge in [0.05, 0.1) is 23.3 Å². The molecule has 3 aromatic rings. The third kappa shape index (κ3) is 4.56. The Labute approximate surface area is 167 Å². The fourth-order valence-corrected chi connectivity index (χ4v) is 3.75. The number of aryl methyl sites for hydroxylation is 2. The largest absolute Gasteiger partial charge is 0.476 e. The van der Waals surface area contributed by atoms with Crippen LogP contribution in [-0.2, 0) is 17.7 Å². The maximum Gasteiger partial charge on any atom is 0.194 e. The van der Waals surface area contributed by atoms with Crippen LogP contribution in [0.15, 0.2) is 40.5 Å². The van der Waals surface area contributed by atoms with Crippen LogP contribution in [0.25, 0.3) is 11.0 Å². The van der Waals surface area contributed by atoms with Gasteiger partial charge in [0.1, 0.15) is 6.61 Å². The highest BCUT2D eigenvalue weighted by Gasteiger charge is 2.15. The summed E-state index contributed by atoms with van der Waals surface area (Å²) in [5.41, 5.74) is 2.70. The second-order valence-electron chi connectivity index (χ2n) is 6.89. The average molecular weight is 401 g/mol. The van der Waals surface area contributed by atoms with Crippen molar-refractivity contribution in [2.24, 2.45) is 0 Å². The number of fused-ring (bicyclic) bond motifs is 1. The Morgan fingerprint density at radius 1 is 1.39 bits per heavy atom. The van der Waals surface area contributed by atoms with E-state index in [2.05, 4.69) is 19.5 Å². The van der Waals surface area contributed by atoms with E-state index in [1.807, 2.05) is 24.7 Å². The number of rotatable bonds is 7. The zero-order chi connectivity index (χ0) is 19.3. The summed E-state index contributed by atoms with van der Waals surface area (Å²) >= 11 is 1.53. The van der Waals surface area contributed by atoms with Crippen LogP contribution in [0.5, 0.6) is 5.88 Å². The molecule has 0 spiro atoms. The molecule has 1 saturated heterocycles. The number of aromatic nitrogens is 4. The van der Waals surface area contributed by atoms with Gasteiger partial charge in [-0.05, 0) is 31.6 Å². The van der Waals surface area contributed by atoms with E-state index in [0.717, 1.165) is 54.3 Å². The summed E-state index contributed by atoms with van der Waals surface area (Å²) in [5, 5.41) is 0.765. The molecule has 0 saturated carbocycles. The number of hydrogen-bond donors (Lipinski definition) is 1. The SMILES string of the molecule is CSc1ncc2c(ccn2CCc2cc(=O)cc(OCC3CCCCO3)[nH]2)n1. The Kier molecular flexibility index (Phi) is 5.97. The molecule has 1 unspecified atom stereocenters. The van der Waals surface area contributed by atoms with Gasteiger partial charge in [-0.25, -0.2) is 9.97 Å². The highest BCUT2D eigenvalue weighted by Crippen LogP contribution is 2.18. The van der Waals surface area contributed by atoms with Gasteiger partial charge < -0.3 is 19.0 Å². The Morgan fingerprint density at radius 2 is 2.32 bits per heavy atom. The monoisotopic (exact) mass is 400 g/mol. The molecule has 0 aromatic carbocycles. The van der Waals surface area contributed by atoms with Crippen LogP contribution in [0.4, 0.5) is 0 Å². The molecule has 1 fully saturated rings. The van der Waals surface area contributed by atoms with Crippen molar-refractivity contribution < 1.29 is 9.47 Å². The molecule has 28 heavy (non-hydrogen) atoms. The number of aromatic amines is 1. The van der Waals surface area contributed by atoms with Gasteiger partial charge in [-0.1, -0.05) is 11.8 Å². The van der Waals surface area contributed by atoms with Gasteiger partial charge in [0.25, 0.3) is 0 Å². The molecule has 0 aliphatic carbocycles. The number of pyridine rings is 1. The highest BCUT2D eigenvalue weighted by molar-refractivity contribution is 7.98. The van der Waals surface area contributed by atoms with Gasteiger partial charge in [0.2, 0.25) is 0 Å². The predicted octanol–water partition coefficient (Wildman–Crippen LogP) is 3.03. The number of nitrogens with zero attached hydrogens (tertiary/aromatic N) is 3. The van der Waals surface area contributed by atoms with Gasteiger partial charge in [-0.15, -0.1) is 0 Å². The van der Waals surface area contributed by atoms with E-state index < -0.39 is 0 Å². The maximum absolute atomic E-state index is 12.0. The van der Waals surface area contributed by atoms with Crippen LogP contribution in [0.3, 0.4) is 0 Å². The van der Waals surface area contributed by atoms with Gasteiger partial charge in [-0.3, -0.25) is 4.79 Å². The zero-order valence-corrected chi connectivity index (χ0v) is 16.7. The number of nitrogens with one attached hydrogen (secondary N) is 1. The smallest absolute Gasteiger partial charge is 0.194 e. The third-order valence-electron chi connectivity index (χ3n) is 4.87. The molecule has 4 heterocycles. The van der Waals surface area contributed by atoms with Crippen LogP contribution >= 0.6 is 11.8 Å². The Balaban J connectivity index is 1.42. The molecule has 1 aliphatic rings. The summed E-state index contributed by atoms with van der Waals surface area (Å²) in [6.45, 7) is 1.98. The minimum Gasteiger partial charge on any atom is -0.476 e. The summed E-state index contributed by atoms with van der Waals surface area (Å²) in [7, 11) is 0. The second-order valence-corrected chi connectivity index (χ2v) is 7.66. The first kappa shape index (κ1) is 19.0. The van der Waals surface area contributed by atoms with Gasteiger partial charge in [-0.2, -0.15) is 0 Å². The summed E-state index contributed by atoms with van der Waals surface area (Å²) < 4.78 is 13.6. The van der Waals surface area contributed by atoms with Gasteiger partial charge in [0, 0.05) is 43.6 Å². The topological polar surface area (TPSA) is 82.0 Å². The molecule has 148 valence electrons. The first-order valence-corrected chi connectivity index (χ1v) is 10.8. The van der Waals surface area contributed by atoms with Crippen molar-refractivity contribution in [3.05, 3.63) is 46.5 Å². The van der Waals surface area contributed by atoms with Crippen molar-refractivity contribution in [2.75, 3.05) is 19.5 Å². The average Bonchev–Trinajstić information content (AvgIpc) is 3.13. The Hall–Kier alpha value is -2.32. The molecule has 4 rings (SSSR count). The van der Waals surface area contributed by atoms with E-state index in [9.17, 15) is 4.79 Å². The van der Waals surface area contributed by atoms with Crippen molar-refractivity contribution >= 4 is 22.8 Å². The number of H-pyrrole nitrogens is 1. The molecule has 7 nitrogen and oxygen atoms in total. The quantitative estimate of drug-likeness (QED) is 0.485. The van der Waals surface area contributed by atoms with Crippen LogP contribution in [0, 0.1) is 0 Å². The van der Waals surface area contributed by atoms with Crippen LogP contribution in [0.2, 0.25) is 0 Å². The lowest BCUT2D eigenvalue weighted by atomic mass is 10.1. The van der Waals surface area contributed by atoms with Crippen molar-refractivity contribution in [2.45, 2.75) is 43.5 Å². The molecule has 1 N–H and O–H groups in total. The second kappa shape index (κ2) is 8.79. The number of thioether (sulfide) groups is 1. The lowest BCUT2D eigenvalue weighted by Gasteiger charge is -2.22. The van der Waals surface area contributed by atoms with Crippen molar-refractivity contribution in [3.63, 3.8) is 0 Å². The molecule has 8 heteroatoms. The maximum atomic E-state index is 12.0. The number of hydrogen-bond acceptors (Lipinski definition) is 6. The highest BCUT2D eigenvalue weighted by atomic mass is 32.2. The van der Waals surface area contributed by atoms with Crippen LogP contribution in [-0.4, -0.2) is 45.1 Å². The molecule has 3 aromatic heterocycles. The first-order chi connectivity index (χ1) is 13.7. The summed E-state index contributed by atoms with van der Waals surface area (Å²) in [4.78, 5) is 24.1. The van der Waals surface area contributed by atoms with Gasteiger partial charge in [0.15, 0.2) is 16.5 Å². The summed E-state index contributed by atoms with van der Waals surface area (Å²) in [6, 6.07) is 5.11. The molecule has 0 radical (unpaired) electrons. The zero-order valence-electron chi connectivity index (χ0n) is 15.9. The number of ether oxygens (including phenoxy) is 2. The Bertz CT molecular complexity index is 995. The minimum atomic E-state index is -0.0568. The van der Waals surface area contributed by atoms with E-state index in [4.69, 9.17) is 9.47 Å². The minimum absolute atomic E-state index is 0.0568. The molecular weight excluding hydrogens is 376 g/mol. The molecule has 1 aliphatic heterocycles. The molecule has 0 bridgehead atoms. The van der Waals surface area contributed by atoms with E-state index in [1.54, 1.807) is 6.07 Å². The van der Waals surface area contributed by atoms with Crippen molar-refractivity contribution in [1.82, 2.24) is 19.5 Å².